The molecule has 1 aromatic heterocycles. The molecule has 0 bridgehead atoms. The molecule has 1 fully saturated rings. The fraction of sp³-hybridized carbons (Fsp3) is 0.600. The second kappa shape index (κ2) is 4.19. The van der Waals surface area contributed by atoms with E-state index < -0.39 is 5.60 Å². The number of halogens is 1. The van der Waals surface area contributed by atoms with Crippen LogP contribution in [0.15, 0.2) is 11.4 Å². The van der Waals surface area contributed by atoms with E-state index in [9.17, 15) is 5.11 Å². The molecule has 4 heteroatoms. The van der Waals surface area contributed by atoms with Gasteiger partial charge in [0.2, 0.25) is 0 Å². The Bertz CT molecular complexity index is 305. The zero-order chi connectivity index (χ0) is 10.0. The summed E-state index contributed by atoms with van der Waals surface area (Å²) >= 11 is 7.57. The van der Waals surface area contributed by atoms with E-state index in [0.717, 1.165) is 29.3 Å². The summed E-state index contributed by atoms with van der Waals surface area (Å²) < 4.78 is 5.29. The Morgan fingerprint density at radius 3 is 3.07 bits per heavy atom. The van der Waals surface area contributed by atoms with E-state index in [2.05, 4.69) is 0 Å². The van der Waals surface area contributed by atoms with Crippen LogP contribution in [0.5, 0.6) is 0 Å². The minimum atomic E-state index is -0.702. The second-order valence-corrected chi connectivity index (χ2v) is 5.16. The van der Waals surface area contributed by atoms with Gasteiger partial charge in [0.15, 0.2) is 0 Å². The van der Waals surface area contributed by atoms with Gasteiger partial charge in [-0.05, 0) is 24.3 Å². The van der Waals surface area contributed by atoms with Gasteiger partial charge in [0.05, 0.1) is 17.2 Å². The van der Waals surface area contributed by atoms with Crippen LogP contribution in [0, 0.1) is 0 Å². The molecule has 0 saturated carbocycles. The van der Waals surface area contributed by atoms with Gasteiger partial charge in [-0.3, -0.25) is 0 Å². The summed E-state index contributed by atoms with van der Waals surface area (Å²) in [5.74, 6) is 0. The molecule has 1 unspecified atom stereocenters. The lowest BCUT2D eigenvalue weighted by Crippen LogP contribution is -2.40. The summed E-state index contributed by atoms with van der Waals surface area (Å²) in [5.41, 5.74) is -0.702. The van der Waals surface area contributed by atoms with Crippen LogP contribution in [0.1, 0.15) is 17.7 Å². The van der Waals surface area contributed by atoms with Crippen molar-refractivity contribution in [1.29, 1.82) is 0 Å². The average Bonchev–Trinajstić information content (AvgIpc) is 2.52. The zero-order valence-electron chi connectivity index (χ0n) is 7.83. The maximum atomic E-state index is 10.2. The van der Waals surface area contributed by atoms with Gasteiger partial charge in [-0.25, -0.2) is 0 Å². The minimum absolute atomic E-state index is 0.432. The second-order valence-electron chi connectivity index (χ2n) is 3.75. The lowest BCUT2D eigenvalue weighted by molar-refractivity contribution is -0.0840. The predicted molar refractivity (Wildman–Crippen MR) is 58.0 cm³/mol. The van der Waals surface area contributed by atoms with E-state index in [0.29, 0.717) is 13.0 Å². The molecular formula is C10H13ClO2S. The molecule has 14 heavy (non-hydrogen) atoms. The van der Waals surface area contributed by atoms with Gasteiger partial charge in [-0.15, -0.1) is 11.3 Å². The molecule has 1 saturated heterocycles. The number of hydrogen-bond acceptors (Lipinski definition) is 3. The molecule has 0 aliphatic carbocycles. The molecule has 1 aromatic rings. The van der Waals surface area contributed by atoms with Crippen molar-refractivity contribution < 1.29 is 9.84 Å². The first kappa shape index (κ1) is 10.4. The number of hydrogen-bond donors (Lipinski definition) is 1. The normalized spacial score (nSPS) is 27.9. The molecule has 0 aromatic carbocycles. The Morgan fingerprint density at radius 1 is 1.64 bits per heavy atom. The van der Waals surface area contributed by atoms with Crippen LogP contribution < -0.4 is 0 Å². The van der Waals surface area contributed by atoms with Crippen molar-refractivity contribution >= 4 is 22.9 Å². The summed E-state index contributed by atoms with van der Waals surface area (Å²) in [6.45, 7) is 1.20. The quantitative estimate of drug-likeness (QED) is 0.849. The first-order chi connectivity index (χ1) is 6.70. The van der Waals surface area contributed by atoms with Crippen LogP contribution in [-0.4, -0.2) is 23.9 Å². The molecule has 1 aliphatic heterocycles. The van der Waals surface area contributed by atoms with Crippen molar-refractivity contribution in [3.05, 3.63) is 21.3 Å². The Balaban J connectivity index is 2.05. The van der Waals surface area contributed by atoms with Crippen LogP contribution in [0.25, 0.3) is 0 Å². The van der Waals surface area contributed by atoms with Crippen molar-refractivity contribution in [3.8, 4) is 0 Å². The Hall–Kier alpha value is -0.0900. The van der Waals surface area contributed by atoms with Gasteiger partial charge in [0.1, 0.15) is 0 Å². The van der Waals surface area contributed by atoms with E-state index in [4.69, 9.17) is 16.3 Å². The highest BCUT2D eigenvalue weighted by Crippen LogP contribution is 2.30. The van der Waals surface area contributed by atoms with Gasteiger partial charge in [0.25, 0.3) is 0 Å². The molecule has 1 aliphatic rings. The highest BCUT2D eigenvalue weighted by atomic mass is 35.5. The Labute approximate surface area is 92.5 Å². The maximum Gasteiger partial charge on any atom is 0.0929 e. The SMILES string of the molecule is OC1(Cc2sccc2Cl)CCCOC1. The van der Waals surface area contributed by atoms with Gasteiger partial charge in [-0.2, -0.15) is 0 Å². The first-order valence-electron chi connectivity index (χ1n) is 4.72. The standard InChI is InChI=1S/C10H13ClO2S/c11-8-2-5-14-9(8)6-10(12)3-1-4-13-7-10/h2,5,12H,1,3-4,6-7H2. The van der Waals surface area contributed by atoms with Crippen LogP contribution in [0.4, 0.5) is 0 Å². The zero-order valence-corrected chi connectivity index (χ0v) is 9.40. The monoisotopic (exact) mass is 232 g/mol. The van der Waals surface area contributed by atoms with Crippen molar-refractivity contribution in [3.63, 3.8) is 0 Å². The predicted octanol–water partition coefficient (Wildman–Crippen LogP) is 2.49. The van der Waals surface area contributed by atoms with E-state index >= 15 is 0 Å². The van der Waals surface area contributed by atoms with E-state index in [1.54, 1.807) is 11.3 Å². The number of aliphatic hydroxyl groups is 1. The Kier molecular flexibility index (Phi) is 3.12. The van der Waals surface area contributed by atoms with Crippen molar-refractivity contribution in [2.75, 3.05) is 13.2 Å². The summed E-state index contributed by atoms with van der Waals surface area (Å²) in [6, 6.07) is 1.87. The average molecular weight is 233 g/mol. The summed E-state index contributed by atoms with van der Waals surface area (Å²) in [5, 5.41) is 12.9. The summed E-state index contributed by atoms with van der Waals surface area (Å²) in [7, 11) is 0. The fourth-order valence-electron chi connectivity index (χ4n) is 1.73. The Morgan fingerprint density at radius 2 is 2.50 bits per heavy atom. The molecule has 2 rings (SSSR count). The molecule has 1 N–H and O–H groups in total. The van der Waals surface area contributed by atoms with Crippen LogP contribution in [-0.2, 0) is 11.2 Å². The van der Waals surface area contributed by atoms with E-state index in [1.807, 2.05) is 11.4 Å². The molecule has 0 radical (unpaired) electrons. The molecule has 78 valence electrons. The smallest absolute Gasteiger partial charge is 0.0929 e. The van der Waals surface area contributed by atoms with Gasteiger partial charge in [0, 0.05) is 17.9 Å². The summed E-state index contributed by atoms with van der Waals surface area (Å²) in [4.78, 5) is 1.06. The van der Waals surface area contributed by atoms with Gasteiger partial charge in [-0.1, -0.05) is 11.6 Å². The highest BCUT2D eigenvalue weighted by Gasteiger charge is 2.31. The molecule has 0 spiro atoms. The van der Waals surface area contributed by atoms with E-state index in [1.165, 1.54) is 0 Å². The molecule has 2 heterocycles. The summed E-state index contributed by atoms with van der Waals surface area (Å²) in [6.07, 6.45) is 2.35. The third-order valence-electron chi connectivity index (χ3n) is 2.48. The largest absolute Gasteiger partial charge is 0.387 e. The fourth-order valence-corrected chi connectivity index (χ4v) is 2.97. The number of thiophene rings is 1. The molecule has 1 atom stereocenters. The maximum absolute atomic E-state index is 10.2. The third-order valence-corrected chi connectivity index (χ3v) is 3.87. The third kappa shape index (κ3) is 2.28. The number of ether oxygens (including phenoxy) is 1. The highest BCUT2D eigenvalue weighted by molar-refractivity contribution is 7.10. The molecular weight excluding hydrogens is 220 g/mol. The first-order valence-corrected chi connectivity index (χ1v) is 5.97. The lowest BCUT2D eigenvalue weighted by Gasteiger charge is -2.31. The van der Waals surface area contributed by atoms with Crippen molar-refractivity contribution in [1.82, 2.24) is 0 Å². The van der Waals surface area contributed by atoms with Crippen LogP contribution in [0.2, 0.25) is 5.02 Å². The van der Waals surface area contributed by atoms with Crippen molar-refractivity contribution in [2.24, 2.45) is 0 Å². The number of rotatable bonds is 2. The van der Waals surface area contributed by atoms with Crippen LogP contribution in [0.3, 0.4) is 0 Å². The van der Waals surface area contributed by atoms with Gasteiger partial charge >= 0.3 is 0 Å². The van der Waals surface area contributed by atoms with Crippen molar-refractivity contribution in [2.45, 2.75) is 24.9 Å². The molecule has 0 amide bonds. The van der Waals surface area contributed by atoms with Gasteiger partial charge < -0.3 is 9.84 Å². The lowest BCUT2D eigenvalue weighted by atomic mass is 9.92. The topological polar surface area (TPSA) is 29.5 Å². The van der Waals surface area contributed by atoms with Crippen LogP contribution >= 0.6 is 22.9 Å². The molecule has 2 nitrogen and oxygen atoms in total. The van der Waals surface area contributed by atoms with E-state index in [-0.39, 0.29) is 0 Å². The minimum Gasteiger partial charge on any atom is -0.387 e.